The molecule has 3 aromatic rings. The number of nitrogens with zero attached hydrogens (tertiary/aromatic N) is 2. The molecule has 2 heterocycles. The molecule has 5 rings (SSSR count). The lowest BCUT2D eigenvalue weighted by atomic mass is 9.83. The van der Waals surface area contributed by atoms with Crippen molar-refractivity contribution in [3.8, 4) is 5.75 Å². The van der Waals surface area contributed by atoms with Gasteiger partial charge in [-0.05, 0) is 42.7 Å². The van der Waals surface area contributed by atoms with Crippen LogP contribution >= 0.6 is 11.6 Å². The molecule has 2 aromatic carbocycles. The summed E-state index contributed by atoms with van der Waals surface area (Å²) < 4.78 is 32.6. The Kier molecular flexibility index (Phi) is 2.92. The molecule has 0 fully saturated rings. The minimum absolute atomic E-state index is 0.0350. The highest BCUT2D eigenvalue weighted by Gasteiger charge is 2.41. The first-order valence-electron chi connectivity index (χ1n) is 7.86. The van der Waals surface area contributed by atoms with Crippen molar-refractivity contribution in [1.82, 2.24) is 9.55 Å². The summed E-state index contributed by atoms with van der Waals surface area (Å²) in [5.41, 5.74) is 3.76. The van der Waals surface area contributed by atoms with Crippen LogP contribution in [0, 0.1) is 0 Å². The van der Waals surface area contributed by atoms with Crippen LogP contribution in [0.2, 0.25) is 5.02 Å². The van der Waals surface area contributed by atoms with E-state index in [1.165, 1.54) is 0 Å². The number of fused-ring (bicyclic) bond motifs is 9. The number of rotatable bonds is 2. The van der Waals surface area contributed by atoms with Gasteiger partial charge in [-0.2, -0.15) is 8.78 Å². The quantitative estimate of drug-likeness (QED) is 0.658. The summed E-state index contributed by atoms with van der Waals surface area (Å²) in [7, 11) is 0. The van der Waals surface area contributed by atoms with Crippen LogP contribution in [0.15, 0.2) is 36.4 Å². The number of hydrogen-bond donors (Lipinski definition) is 0. The Bertz CT molecular complexity index is 969. The average Bonchev–Trinajstić information content (AvgIpc) is 3.03. The van der Waals surface area contributed by atoms with E-state index in [-0.39, 0.29) is 11.8 Å². The lowest BCUT2D eigenvalue weighted by Crippen LogP contribution is -2.16. The first-order chi connectivity index (χ1) is 11.6. The van der Waals surface area contributed by atoms with Gasteiger partial charge in [-0.3, -0.25) is 0 Å². The minimum Gasteiger partial charge on any atom is -0.434 e. The molecule has 2 bridgehead atoms. The van der Waals surface area contributed by atoms with E-state index in [4.69, 9.17) is 21.3 Å². The number of hydrogen-bond acceptors (Lipinski definition) is 2. The second-order valence-electron chi connectivity index (χ2n) is 6.33. The van der Waals surface area contributed by atoms with E-state index >= 15 is 0 Å². The fraction of sp³-hybridized carbons (Fsp3) is 0.278. The van der Waals surface area contributed by atoms with Gasteiger partial charge in [0.1, 0.15) is 11.6 Å². The highest BCUT2D eigenvalue weighted by atomic mass is 35.5. The van der Waals surface area contributed by atoms with Crippen LogP contribution in [0.5, 0.6) is 5.75 Å². The largest absolute Gasteiger partial charge is 0.434 e. The van der Waals surface area contributed by atoms with Gasteiger partial charge >= 0.3 is 6.61 Å². The van der Waals surface area contributed by atoms with Crippen molar-refractivity contribution in [1.29, 1.82) is 0 Å². The van der Waals surface area contributed by atoms with Gasteiger partial charge in [-0.25, -0.2) is 4.98 Å². The van der Waals surface area contributed by atoms with Gasteiger partial charge in [0, 0.05) is 16.5 Å². The SMILES string of the molecule is FC(F)Oc1cccc2c1[C@@H]1C[C@@H](C2)c2nc3ccc(Cl)cc3n21. The van der Waals surface area contributed by atoms with Gasteiger partial charge in [0.25, 0.3) is 0 Å². The second kappa shape index (κ2) is 4.93. The van der Waals surface area contributed by atoms with Gasteiger partial charge in [0.2, 0.25) is 0 Å². The van der Waals surface area contributed by atoms with Gasteiger partial charge < -0.3 is 9.30 Å². The summed E-state index contributed by atoms with van der Waals surface area (Å²) >= 11 is 6.16. The minimum atomic E-state index is -2.83. The standard InChI is InChI=1S/C18H13ClF2N2O/c19-11-4-5-12-13(8-11)23-14-7-10(17(23)22-12)6-9-2-1-3-15(16(9)14)24-18(20)21/h1-5,8,10,14,18H,6-7H2/t10-,14+/m1/s1. The van der Waals surface area contributed by atoms with E-state index in [2.05, 4.69) is 4.57 Å². The predicted molar refractivity (Wildman–Crippen MR) is 87.0 cm³/mol. The highest BCUT2D eigenvalue weighted by Crippen LogP contribution is 2.51. The van der Waals surface area contributed by atoms with Crippen LogP contribution in [0.3, 0.4) is 0 Å². The highest BCUT2D eigenvalue weighted by molar-refractivity contribution is 6.31. The molecular weight excluding hydrogens is 334 g/mol. The van der Waals surface area contributed by atoms with Crippen LogP contribution in [0.4, 0.5) is 8.78 Å². The fourth-order valence-electron chi connectivity index (χ4n) is 4.21. The first-order valence-corrected chi connectivity index (χ1v) is 8.23. The molecule has 3 nitrogen and oxygen atoms in total. The third-order valence-corrected chi connectivity index (χ3v) is 5.27. The molecule has 122 valence electrons. The Morgan fingerprint density at radius 2 is 2.12 bits per heavy atom. The molecule has 2 atom stereocenters. The molecule has 0 saturated heterocycles. The Morgan fingerprint density at radius 3 is 2.96 bits per heavy atom. The third-order valence-electron chi connectivity index (χ3n) is 5.04. The fourth-order valence-corrected chi connectivity index (χ4v) is 4.38. The lowest BCUT2D eigenvalue weighted by molar-refractivity contribution is -0.0508. The lowest BCUT2D eigenvalue weighted by Gasteiger charge is -2.26. The summed E-state index contributed by atoms with van der Waals surface area (Å²) in [5, 5.41) is 0.643. The monoisotopic (exact) mass is 346 g/mol. The Balaban J connectivity index is 1.75. The van der Waals surface area contributed by atoms with Crippen molar-refractivity contribution in [2.24, 2.45) is 0 Å². The average molecular weight is 347 g/mol. The molecule has 1 aliphatic heterocycles. The molecule has 1 aromatic heterocycles. The maximum atomic E-state index is 12.8. The van der Waals surface area contributed by atoms with E-state index in [0.717, 1.165) is 40.8 Å². The Labute approximate surface area is 141 Å². The zero-order valence-corrected chi connectivity index (χ0v) is 13.3. The Morgan fingerprint density at radius 1 is 1.25 bits per heavy atom. The summed E-state index contributed by atoms with van der Waals surface area (Å²) in [5.74, 6) is 1.58. The Hall–Kier alpha value is -2.14. The van der Waals surface area contributed by atoms with E-state index in [1.807, 2.05) is 24.3 Å². The number of halogens is 3. The van der Waals surface area contributed by atoms with Gasteiger partial charge in [-0.1, -0.05) is 23.7 Å². The molecule has 6 heteroatoms. The van der Waals surface area contributed by atoms with Gasteiger partial charge in [-0.15, -0.1) is 0 Å². The van der Waals surface area contributed by atoms with E-state index in [1.54, 1.807) is 12.1 Å². The van der Waals surface area contributed by atoms with Crippen molar-refractivity contribution >= 4 is 22.6 Å². The molecule has 24 heavy (non-hydrogen) atoms. The summed E-state index contributed by atoms with van der Waals surface area (Å²) in [6.07, 6.45) is 1.66. The summed E-state index contributed by atoms with van der Waals surface area (Å²) in [4.78, 5) is 4.77. The van der Waals surface area contributed by atoms with Crippen molar-refractivity contribution in [3.63, 3.8) is 0 Å². The smallest absolute Gasteiger partial charge is 0.387 e. The second-order valence-corrected chi connectivity index (χ2v) is 6.77. The number of benzene rings is 2. The zero-order chi connectivity index (χ0) is 16.4. The topological polar surface area (TPSA) is 27.1 Å². The van der Waals surface area contributed by atoms with Crippen LogP contribution in [-0.4, -0.2) is 16.2 Å². The molecule has 0 unspecified atom stereocenters. The van der Waals surface area contributed by atoms with E-state index < -0.39 is 6.61 Å². The third kappa shape index (κ3) is 1.91. The maximum absolute atomic E-state index is 12.8. The van der Waals surface area contributed by atoms with Gasteiger partial charge in [0.05, 0.1) is 17.1 Å². The molecule has 0 N–H and O–H groups in total. The van der Waals surface area contributed by atoms with Crippen LogP contribution in [-0.2, 0) is 6.42 Å². The van der Waals surface area contributed by atoms with Crippen molar-refractivity contribution in [2.75, 3.05) is 0 Å². The molecular formula is C18H13ClF2N2O. The van der Waals surface area contributed by atoms with Crippen molar-refractivity contribution in [3.05, 3.63) is 58.4 Å². The number of imidazole rings is 1. The van der Waals surface area contributed by atoms with Crippen molar-refractivity contribution < 1.29 is 13.5 Å². The van der Waals surface area contributed by atoms with Crippen LogP contribution in [0.25, 0.3) is 11.0 Å². The first kappa shape index (κ1) is 14.2. The molecule has 1 aliphatic carbocycles. The maximum Gasteiger partial charge on any atom is 0.387 e. The van der Waals surface area contributed by atoms with Crippen LogP contribution in [0.1, 0.15) is 35.3 Å². The molecule has 0 radical (unpaired) electrons. The molecule has 0 amide bonds. The summed E-state index contributed by atoms with van der Waals surface area (Å²) in [6, 6.07) is 11.0. The van der Waals surface area contributed by atoms with E-state index in [9.17, 15) is 8.78 Å². The zero-order valence-electron chi connectivity index (χ0n) is 12.5. The number of alkyl halides is 2. The summed E-state index contributed by atoms with van der Waals surface area (Å²) in [6.45, 7) is -2.83. The molecule has 2 aliphatic rings. The number of aromatic nitrogens is 2. The number of ether oxygens (including phenoxy) is 1. The normalized spacial score (nSPS) is 21.2. The van der Waals surface area contributed by atoms with Crippen LogP contribution < -0.4 is 4.74 Å². The molecule has 0 saturated carbocycles. The van der Waals surface area contributed by atoms with E-state index in [0.29, 0.717) is 10.9 Å². The van der Waals surface area contributed by atoms with Gasteiger partial charge in [0.15, 0.2) is 0 Å². The predicted octanol–water partition coefficient (Wildman–Crippen LogP) is 4.92. The van der Waals surface area contributed by atoms with Crippen molar-refractivity contribution in [2.45, 2.75) is 31.4 Å². The molecule has 0 spiro atoms.